The lowest BCUT2D eigenvalue weighted by molar-refractivity contribution is 0.633. The molecule has 0 aliphatic carbocycles. The number of furan rings is 3. The van der Waals surface area contributed by atoms with Crippen LogP contribution in [-0.4, -0.2) is 0 Å². The van der Waals surface area contributed by atoms with Gasteiger partial charge in [0.05, 0.1) is 5.69 Å². The summed E-state index contributed by atoms with van der Waals surface area (Å²) >= 11 is 0. The SMILES string of the molecule is c1ccc(-c2cc(-c3cc4c5ccccc5oc4c4oc5ccccc5c34)ccc2N(c2ccc(-c3cccc4ccccc34)cc2)c2ccc3c(c2)oc2ccccc23)cc1. The molecule has 4 nitrogen and oxygen atoms in total. The molecule has 3 heterocycles. The van der Waals surface area contributed by atoms with Crippen molar-refractivity contribution in [3.8, 4) is 33.4 Å². The van der Waals surface area contributed by atoms with E-state index in [1.807, 2.05) is 36.4 Å². The number of anilines is 3. The topological polar surface area (TPSA) is 42.7 Å². The van der Waals surface area contributed by atoms with Crippen LogP contribution in [-0.2, 0) is 0 Å². The van der Waals surface area contributed by atoms with E-state index in [4.69, 9.17) is 13.3 Å². The van der Waals surface area contributed by atoms with Crippen molar-refractivity contribution in [2.75, 3.05) is 4.90 Å². The van der Waals surface area contributed by atoms with Crippen LogP contribution in [0.1, 0.15) is 0 Å². The highest BCUT2D eigenvalue weighted by molar-refractivity contribution is 6.24. The molecule has 10 aromatic carbocycles. The molecule has 62 heavy (non-hydrogen) atoms. The quantitative estimate of drug-likeness (QED) is 0.168. The van der Waals surface area contributed by atoms with Gasteiger partial charge in [-0.1, -0.05) is 146 Å². The highest BCUT2D eigenvalue weighted by atomic mass is 16.4. The molecule has 0 radical (unpaired) electrons. The summed E-state index contributed by atoms with van der Waals surface area (Å²) < 4.78 is 19.7. The van der Waals surface area contributed by atoms with Crippen LogP contribution in [0.4, 0.5) is 17.1 Å². The Bertz CT molecular complexity index is 3870. The molecule has 0 spiro atoms. The van der Waals surface area contributed by atoms with Gasteiger partial charge in [0.2, 0.25) is 0 Å². The van der Waals surface area contributed by atoms with E-state index in [0.29, 0.717) is 0 Å². The first-order chi connectivity index (χ1) is 30.7. The van der Waals surface area contributed by atoms with E-state index < -0.39 is 0 Å². The Morgan fingerprint density at radius 2 is 0.871 bits per heavy atom. The Balaban J connectivity index is 1.05. The van der Waals surface area contributed by atoms with Crippen molar-refractivity contribution in [1.82, 2.24) is 0 Å². The van der Waals surface area contributed by atoms with E-state index in [9.17, 15) is 0 Å². The van der Waals surface area contributed by atoms with E-state index in [2.05, 4.69) is 181 Å². The van der Waals surface area contributed by atoms with E-state index in [1.54, 1.807) is 0 Å². The van der Waals surface area contributed by atoms with Crippen LogP contribution in [0.3, 0.4) is 0 Å². The Hall–Kier alpha value is -8.34. The molecule has 0 amide bonds. The fourth-order valence-electron chi connectivity index (χ4n) is 9.59. The van der Waals surface area contributed by atoms with Gasteiger partial charge >= 0.3 is 0 Å². The average molecular weight is 794 g/mol. The molecule has 0 aliphatic heterocycles. The predicted molar refractivity (Wildman–Crippen MR) is 257 cm³/mol. The zero-order chi connectivity index (χ0) is 40.7. The molecule has 3 aromatic heterocycles. The first kappa shape index (κ1) is 34.5. The van der Waals surface area contributed by atoms with E-state index >= 15 is 0 Å². The second-order valence-corrected chi connectivity index (χ2v) is 16.0. The number of rotatable bonds is 6. The van der Waals surface area contributed by atoms with Crippen LogP contribution in [0.5, 0.6) is 0 Å². The predicted octanol–water partition coefficient (Wildman–Crippen LogP) is 17.0. The highest BCUT2D eigenvalue weighted by Crippen LogP contribution is 2.48. The highest BCUT2D eigenvalue weighted by Gasteiger charge is 2.24. The molecular formula is C58H35NO3. The third kappa shape index (κ3) is 5.33. The molecule has 0 N–H and O–H groups in total. The summed E-state index contributed by atoms with van der Waals surface area (Å²) in [6.07, 6.45) is 0. The van der Waals surface area contributed by atoms with Gasteiger partial charge in [-0.2, -0.15) is 0 Å². The van der Waals surface area contributed by atoms with Crippen LogP contribution in [0, 0.1) is 0 Å². The number of hydrogen-bond acceptors (Lipinski definition) is 4. The third-order valence-corrected chi connectivity index (χ3v) is 12.5. The minimum absolute atomic E-state index is 0.757. The standard InChI is InChI=1S/C58H35NO3/c1-2-13-37(14-3-1)48-33-39(49-35-50-45-19-7-10-23-53(45)61-57(50)58-56(49)47-20-8-11-24-54(47)62-58)27-32-51(48)59(41-30-31-46-44-18-6-9-22-52(44)60-55(46)34-41)40-28-25-38(26-29-40)43-21-12-16-36-15-4-5-17-42(36)43/h1-35H. The van der Waals surface area contributed by atoms with Gasteiger partial charge < -0.3 is 18.2 Å². The zero-order valence-electron chi connectivity index (χ0n) is 33.4. The second kappa shape index (κ2) is 13.6. The minimum atomic E-state index is 0.757. The van der Waals surface area contributed by atoms with Gasteiger partial charge in [-0.15, -0.1) is 0 Å². The van der Waals surface area contributed by atoms with E-state index in [0.717, 1.165) is 111 Å². The Labute approximate surface area is 356 Å². The van der Waals surface area contributed by atoms with Crippen molar-refractivity contribution in [3.63, 3.8) is 0 Å². The third-order valence-electron chi connectivity index (χ3n) is 12.5. The fraction of sp³-hybridized carbons (Fsp3) is 0. The number of para-hydroxylation sites is 3. The lowest BCUT2D eigenvalue weighted by Gasteiger charge is -2.28. The maximum absolute atomic E-state index is 6.66. The fourth-order valence-corrected chi connectivity index (χ4v) is 9.59. The maximum Gasteiger partial charge on any atom is 0.179 e. The molecule has 0 unspecified atom stereocenters. The van der Waals surface area contributed by atoms with E-state index in [1.165, 1.54) is 16.3 Å². The molecule has 0 fully saturated rings. The molecule has 0 saturated carbocycles. The molecule has 13 rings (SSSR count). The first-order valence-electron chi connectivity index (χ1n) is 21.0. The zero-order valence-corrected chi connectivity index (χ0v) is 33.4. The van der Waals surface area contributed by atoms with Gasteiger partial charge in [-0.05, 0) is 99.3 Å². The molecule has 0 bridgehead atoms. The summed E-state index contributed by atoms with van der Waals surface area (Å²) in [5.74, 6) is 0. The summed E-state index contributed by atoms with van der Waals surface area (Å²) in [5, 5.41) is 8.83. The number of benzene rings is 10. The molecule has 290 valence electrons. The van der Waals surface area contributed by atoms with Gasteiger partial charge in [0.25, 0.3) is 0 Å². The van der Waals surface area contributed by atoms with Crippen LogP contribution in [0.15, 0.2) is 226 Å². The molecule has 13 aromatic rings. The van der Waals surface area contributed by atoms with Crippen molar-refractivity contribution < 1.29 is 13.3 Å². The van der Waals surface area contributed by atoms with Gasteiger partial charge in [-0.25, -0.2) is 0 Å². The van der Waals surface area contributed by atoms with Crippen molar-refractivity contribution in [2.24, 2.45) is 0 Å². The normalized spacial score (nSPS) is 11.9. The first-order valence-corrected chi connectivity index (χ1v) is 21.0. The van der Waals surface area contributed by atoms with Crippen LogP contribution in [0.25, 0.3) is 110 Å². The van der Waals surface area contributed by atoms with Crippen LogP contribution in [0.2, 0.25) is 0 Å². The molecular weight excluding hydrogens is 759 g/mol. The van der Waals surface area contributed by atoms with Gasteiger partial charge in [-0.3, -0.25) is 0 Å². The summed E-state index contributed by atoms with van der Waals surface area (Å²) in [6, 6.07) is 75.2. The molecule has 0 atom stereocenters. The Morgan fingerprint density at radius 3 is 1.68 bits per heavy atom. The van der Waals surface area contributed by atoms with Crippen molar-refractivity contribution in [1.29, 1.82) is 0 Å². The lowest BCUT2D eigenvalue weighted by atomic mass is 9.92. The molecule has 0 aliphatic rings. The Morgan fingerprint density at radius 1 is 0.290 bits per heavy atom. The lowest BCUT2D eigenvalue weighted by Crippen LogP contribution is -2.11. The Kier molecular flexibility index (Phi) is 7.57. The minimum Gasteiger partial charge on any atom is -0.456 e. The number of nitrogens with zero attached hydrogens (tertiary/aromatic N) is 1. The van der Waals surface area contributed by atoms with Crippen LogP contribution >= 0.6 is 0 Å². The smallest absolute Gasteiger partial charge is 0.179 e. The molecule has 4 heteroatoms. The number of fused-ring (bicyclic) bond motifs is 11. The van der Waals surface area contributed by atoms with Crippen molar-refractivity contribution in [3.05, 3.63) is 212 Å². The van der Waals surface area contributed by atoms with Gasteiger partial charge in [0, 0.05) is 55.3 Å². The van der Waals surface area contributed by atoms with Crippen molar-refractivity contribution >= 4 is 93.7 Å². The molecule has 0 saturated heterocycles. The van der Waals surface area contributed by atoms with Gasteiger partial charge in [0.15, 0.2) is 11.2 Å². The largest absolute Gasteiger partial charge is 0.456 e. The second-order valence-electron chi connectivity index (χ2n) is 16.0. The summed E-state index contributed by atoms with van der Waals surface area (Å²) in [7, 11) is 0. The summed E-state index contributed by atoms with van der Waals surface area (Å²) in [5.41, 5.74) is 14.7. The monoisotopic (exact) mass is 793 g/mol. The van der Waals surface area contributed by atoms with Gasteiger partial charge in [0.1, 0.15) is 22.3 Å². The maximum atomic E-state index is 6.66. The van der Waals surface area contributed by atoms with E-state index in [-0.39, 0.29) is 0 Å². The summed E-state index contributed by atoms with van der Waals surface area (Å²) in [4.78, 5) is 2.36. The summed E-state index contributed by atoms with van der Waals surface area (Å²) in [6.45, 7) is 0. The average Bonchev–Trinajstić information content (AvgIpc) is 4.03. The van der Waals surface area contributed by atoms with Crippen LogP contribution < -0.4 is 4.90 Å². The van der Waals surface area contributed by atoms with Crippen molar-refractivity contribution in [2.45, 2.75) is 0 Å². The number of hydrogen-bond donors (Lipinski definition) is 0.